The zero-order valence-corrected chi connectivity index (χ0v) is 10.9. The summed E-state index contributed by atoms with van der Waals surface area (Å²) in [5.74, 6) is 0.973. The van der Waals surface area contributed by atoms with Crippen LogP contribution in [0, 0.1) is 0 Å². The van der Waals surface area contributed by atoms with Crippen LogP contribution in [0.1, 0.15) is 11.5 Å². The highest BCUT2D eigenvalue weighted by molar-refractivity contribution is 6.09. The molecule has 0 atom stereocenters. The summed E-state index contributed by atoms with van der Waals surface area (Å²) in [4.78, 5) is 6.25. The molecule has 1 N–H and O–H groups in total. The van der Waals surface area contributed by atoms with Crippen LogP contribution in [0.25, 0.3) is 0 Å². The van der Waals surface area contributed by atoms with Gasteiger partial charge in [0.2, 0.25) is 5.88 Å². The van der Waals surface area contributed by atoms with Crippen molar-refractivity contribution in [1.29, 1.82) is 0 Å². The van der Waals surface area contributed by atoms with E-state index in [1.807, 2.05) is 30.3 Å². The van der Waals surface area contributed by atoms with Gasteiger partial charge in [-0.25, -0.2) is 4.98 Å². The average molecular weight is 273 g/mol. The first kappa shape index (κ1) is 12.7. The van der Waals surface area contributed by atoms with E-state index in [1.54, 1.807) is 6.20 Å². The topological polar surface area (TPSA) is 71.1 Å². The summed E-state index contributed by atoms with van der Waals surface area (Å²) in [7, 11) is 0. The van der Waals surface area contributed by atoms with Crippen LogP contribution in [0.4, 0.5) is 5.88 Å². The summed E-state index contributed by atoms with van der Waals surface area (Å²) < 4.78 is 11.0. The van der Waals surface area contributed by atoms with Crippen LogP contribution >= 0.6 is 0 Å². The van der Waals surface area contributed by atoms with Crippen molar-refractivity contribution in [2.45, 2.75) is 0 Å². The van der Waals surface area contributed by atoms with E-state index in [1.165, 1.54) is 0 Å². The van der Waals surface area contributed by atoms with Crippen molar-refractivity contribution in [2.75, 3.05) is 31.2 Å². The standard InChI is InChI=1S/C14H15N3O3/c18-16-13(11-4-2-1-3-5-11)14-15-10-12(20-14)17-6-8-19-9-7-17/h1-5,10,18H,6-9H2/b16-13+. The van der Waals surface area contributed by atoms with Gasteiger partial charge in [0.15, 0.2) is 5.71 Å². The Morgan fingerprint density at radius 1 is 1.20 bits per heavy atom. The zero-order chi connectivity index (χ0) is 13.8. The molecule has 0 spiro atoms. The van der Waals surface area contributed by atoms with E-state index in [9.17, 15) is 5.21 Å². The fourth-order valence-electron chi connectivity index (χ4n) is 2.13. The first-order valence-electron chi connectivity index (χ1n) is 6.45. The number of hydrogen-bond donors (Lipinski definition) is 1. The molecule has 0 aliphatic carbocycles. The number of aromatic nitrogens is 1. The molecule has 1 aliphatic heterocycles. The maximum atomic E-state index is 9.21. The molecule has 0 radical (unpaired) electrons. The van der Waals surface area contributed by atoms with Gasteiger partial charge in [-0.2, -0.15) is 0 Å². The van der Waals surface area contributed by atoms with Gasteiger partial charge in [-0.05, 0) is 0 Å². The summed E-state index contributed by atoms with van der Waals surface area (Å²) in [6.07, 6.45) is 1.65. The van der Waals surface area contributed by atoms with Crippen LogP contribution in [-0.2, 0) is 4.74 Å². The zero-order valence-electron chi connectivity index (χ0n) is 10.9. The smallest absolute Gasteiger partial charge is 0.251 e. The molecule has 0 saturated carbocycles. The lowest BCUT2D eigenvalue weighted by Gasteiger charge is -2.25. The van der Waals surface area contributed by atoms with Gasteiger partial charge in [-0.1, -0.05) is 35.5 Å². The van der Waals surface area contributed by atoms with Crippen molar-refractivity contribution in [1.82, 2.24) is 4.98 Å². The predicted octanol–water partition coefficient (Wildman–Crippen LogP) is 1.74. The molecule has 104 valence electrons. The van der Waals surface area contributed by atoms with Gasteiger partial charge < -0.3 is 19.3 Å². The fraction of sp³-hybridized carbons (Fsp3) is 0.286. The van der Waals surface area contributed by atoms with Crippen molar-refractivity contribution < 1.29 is 14.4 Å². The second-order valence-electron chi connectivity index (χ2n) is 4.42. The minimum absolute atomic E-state index is 0.306. The number of ether oxygens (including phenoxy) is 1. The van der Waals surface area contributed by atoms with Crippen LogP contribution in [0.15, 0.2) is 46.1 Å². The molecule has 20 heavy (non-hydrogen) atoms. The number of anilines is 1. The Balaban J connectivity index is 1.85. The van der Waals surface area contributed by atoms with E-state index in [-0.39, 0.29) is 0 Å². The molecule has 2 aromatic rings. The van der Waals surface area contributed by atoms with E-state index in [0.717, 1.165) is 18.7 Å². The van der Waals surface area contributed by atoms with Crippen molar-refractivity contribution in [3.63, 3.8) is 0 Å². The van der Waals surface area contributed by atoms with E-state index in [0.29, 0.717) is 30.7 Å². The molecular weight excluding hydrogens is 258 g/mol. The quantitative estimate of drug-likeness (QED) is 0.524. The second kappa shape index (κ2) is 5.75. The van der Waals surface area contributed by atoms with Gasteiger partial charge in [-0.15, -0.1) is 0 Å². The molecule has 0 bridgehead atoms. The van der Waals surface area contributed by atoms with Gasteiger partial charge in [0.05, 0.1) is 19.4 Å². The SMILES string of the molecule is O/N=C(\c1ccccc1)c1ncc(N2CCOCC2)o1. The molecule has 1 saturated heterocycles. The summed E-state index contributed by atoms with van der Waals surface area (Å²) in [6.45, 7) is 2.89. The molecule has 1 aromatic carbocycles. The number of benzene rings is 1. The Bertz CT molecular complexity index is 589. The van der Waals surface area contributed by atoms with Gasteiger partial charge in [-0.3, -0.25) is 0 Å². The van der Waals surface area contributed by atoms with Gasteiger partial charge in [0, 0.05) is 18.7 Å². The Hall–Kier alpha value is -2.34. The van der Waals surface area contributed by atoms with Crippen molar-refractivity contribution in [2.24, 2.45) is 5.16 Å². The highest BCUT2D eigenvalue weighted by Crippen LogP contribution is 2.19. The summed E-state index contributed by atoms with van der Waals surface area (Å²) in [6, 6.07) is 9.31. The Kier molecular flexibility index (Phi) is 3.64. The van der Waals surface area contributed by atoms with Crippen LogP contribution in [-0.4, -0.2) is 42.2 Å². The first-order valence-corrected chi connectivity index (χ1v) is 6.45. The molecule has 1 aromatic heterocycles. The number of nitrogens with zero attached hydrogens (tertiary/aromatic N) is 3. The first-order chi connectivity index (χ1) is 9.88. The Morgan fingerprint density at radius 3 is 2.65 bits per heavy atom. The molecule has 3 rings (SSSR count). The fourth-order valence-corrected chi connectivity index (χ4v) is 2.13. The third kappa shape index (κ3) is 2.50. The number of rotatable bonds is 3. The third-order valence-electron chi connectivity index (χ3n) is 3.17. The molecular formula is C14H15N3O3. The Labute approximate surface area is 116 Å². The summed E-state index contributed by atoms with van der Waals surface area (Å²) in [5.41, 5.74) is 1.08. The lowest BCUT2D eigenvalue weighted by atomic mass is 10.1. The molecule has 6 nitrogen and oxygen atoms in total. The molecule has 0 unspecified atom stereocenters. The maximum absolute atomic E-state index is 9.21. The van der Waals surface area contributed by atoms with Crippen LogP contribution in [0.5, 0.6) is 0 Å². The predicted molar refractivity (Wildman–Crippen MR) is 73.4 cm³/mol. The number of morpholine rings is 1. The highest BCUT2D eigenvalue weighted by Gasteiger charge is 2.19. The molecule has 1 fully saturated rings. The minimum atomic E-state index is 0.306. The van der Waals surface area contributed by atoms with Crippen LogP contribution < -0.4 is 4.90 Å². The highest BCUT2D eigenvalue weighted by atomic mass is 16.5. The van der Waals surface area contributed by atoms with E-state index in [4.69, 9.17) is 9.15 Å². The van der Waals surface area contributed by atoms with Crippen molar-refractivity contribution in [3.8, 4) is 0 Å². The largest absolute Gasteiger partial charge is 0.419 e. The molecule has 2 heterocycles. The van der Waals surface area contributed by atoms with Gasteiger partial charge in [0.25, 0.3) is 5.89 Å². The van der Waals surface area contributed by atoms with E-state index < -0.39 is 0 Å². The molecule has 6 heteroatoms. The molecule has 1 aliphatic rings. The van der Waals surface area contributed by atoms with Gasteiger partial charge >= 0.3 is 0 Å². The number of oxime groups is 1. The van der Waals surface area contributed by atoms with Crippen molar-refractivity contribution in [3.05, 3.63) is 48.0 Å². The van der Waals surface area contributed by atoms with Gasteiger partial charge in [0.1, 0.15) is 0 Å². The van der Waals surface area contributed by atoms with E-state index >= 15 is 0 Å². The summed E-state index contributed by atoms with van der Waals surface area (Å²) >= 11 is 0. The summed E-state index contributed by atoms with van der Waals surface area (Å²) in [5, 5.41) is 12.5. The minimum Gasteiger partial charge on any atom is -0.419 e. The Morgan fingerprint density at radius 2 is 1.95 bits per heavy atom. The molecule has 0 amide bonds. The number of hydrogen-bond acceptors (Lipinski definition) is 6. The number of oxazole rings is 1. The second-order valence-corrected chi connectivity index (χ2v) is 4.42. The normalized spacial score (nSPS) is 16.4. The third-order valence-corrected chi connectivity index (χ3v) is 3.17. The maximum Gasteiger partial charge on any atom is 0.251 e. The lowest BCUT2D eigenvalue weighted by molar-refractivity contribution is 0.120. The van der Waals surface area contributed by atoms with E-state index in [2.05, 4.69) is 15.0 Å². The lowest BCUT2D eigenvalue weighted by Crippen LogP contribution is -2.35. The van der Waals surface area contributed by atoms with Crippen LogP contribution in [0.3, 0.4) is 0 Å². The van der Waals surface area contributed by atoms with Crippen LogP contribution in [0.2, 0.25) is 0 Å². The average Bonchev–Trinajstić information content (AvgIpc) is 3.00. The van der Waals surface area contributed by atoms with Crippen molar-refractivity contribution >= 4 is 11.6 Å². The monoisotopic (exact) mass is 273 g/mol.